The van der Waals surface area contributed by atoms with Gasteiger partial charge in [0.2, 0.25) is 5.91 Å². The van der Waals surface area contributed by atoms with E-state index in [-0.39, 0.29) is 24.0 Å². The summed E-state index contributed by atoms with van der Waals surface area (Å²) in [6.45, 7) is 0.186. The number of hydrogen-bond donors (Lipinski definition) is 1. The molecular formula is C11H14ClFN2O2. The molecule has 1 aromatic carbocycles. The molecule has 0 atom stereocenters. The fourth-order valence-electron chi connectivity index (χ4n) is 1.15. The van der Waals surface area contributed by atoms with Gasteiger partial charge in [0.15, 0.2) is 0 Å². The third-order valence-electron chi connectivity index (χ3n) is 1.83. The highest BCUT2D eigenvalue weighted by Gasteiger charge is 2.05. The van der Waals surface area contributed by atoms with E-state index in [1.54, 1.807) is 19.1 Å². The van der Waals surface area contributed by atoms with E-state index >= 15 is 0 Å². The number of halogens is 2. The Morgan fingerprint density at radius 3 is 2.82 bits per heavy atom. The molecule has 1 aromatic rings. The molecule has 0 fully saturated rings. The van der Waals surface area contributed by atoms with E-state index < -0.39 is 5.82 Å². The van der Waals surface area contributed by atoms with Crippen LogP contribution in [0.15, 0.2) is 18.2 Å². The van der Waals surface area contributed by atoms with E-state index in [1.807, 2.05) is 0 Å². The normalized spacial score (nSPS) is 10.4. The van der Waals surface area contributed by atoms with Crippen molar-refractivity contribution >= 4 is 17.5 Å². The van der Waals surface area contributed by atoms with Gasteiger partial charge in [-0.3, -0.25) is 10.2 Å². The number of amides is 1. The third kappa shape index (κ3) is 5.01. The van der Waals surface area contributed by atoms with Gasteiger partial charge in [-0.15, -0.1) is 0 Å². The molecule has 0 aliphatic rings. The topological polar surface area (TPSA) is 41.6 Å². The molecule has 0 saturated carbocycles. The lowest BCUT2D eigenvalue weighted by Gasteiger charge is -2.12. The predicted molar refractivity (Wildman–Crippen MR) is 63.4 cm³/mol. The van der Waals surface area contributed by atoms with Crippen molar-refractivity contribution in [3.63, 3.8) is 0 Å². The largest absolute Gasteiger partial charge is 0.491 e. The van der Waals surface area contributed by atoms with Gasteiger partial charge in [0, 0.05) is 14.1 Å². The molecule has 94 valence electrons. The third-order valence-corrected chi connectivity index (χ3v) is 2.12. The summed E-state index contributed by atoms with van der Waals surface area (Å²) in [5.74, 6) is -0.216. The molecule has 0 aliphatic carbocycles. The van der Waals surface area contributed by atoms with Crippen molar-refractivity contribution in [1.29, 1.82) is 0 Å². The van der Waals surface area contributed by atoms with Crippen molar-refractivity contribution in [2.75, 3.05) is 20.7 Å². The van der Waals surface area contributed by atoms with Crippen LogP contribution in [0, 0.1) is 5.82 Å². The van der Waals surface area contributed by atoms with E-state index in [2.05, 4.69) is 5.43 Å². The molecule has 0 radical (unpaired) electrons. The van der Waals surface area contributed by atoms with Gasteiger partial charge in [0.05, 0.1) is 18.1 Å². The quantitative estimate of drug-likeness (QED) is 0.822. The van der Waals surface area contributed by atoms with Crippen molar-refractivity contribution in [3.8, 4) is 5.75 Å². The van der Waals surface area contributed by atoms with Crippen LogP contribution in [0.5, 0.6) is 5.75 Å². The van der Waals surface area contributed by atoms with E-state index in [0.717, 1.165) is 6.07 Å². The van der Waals surface area contributed by atoms with E-state index in [1.165, 1.54) is 12.1 Å². The summed E-state index contributed by atoms with van der Waals surface area (Å²) in [5, 5.41) is 1.74. The molecule has 1 rings (SSSR count). The Hall–Kier alpha value is -1.33. The molecule has 0 bridgehead atoms. The summed E-state index contributed by atoms with van der Waals surface area (Å²) in [6.07, 6.45) is 0.200. The minimum atomic E-state index is -0.423. The fourth-order valence-corrected chi connectivity index (χ4v) is 1.37. The number of benzene rings is 1. The first kappa shape index (κ1) is 13.7. The molecule has 0 aliphatic heterocycles. The van der Waals surface area contributed by atoms with E-state index in [4.69, 9.17) is 16.3 Å². The number of carbonyl (C=O) groups is 1. The van der Waals surface area contributed by atoms with Gasteiger partial charge in [-0.1, -0.05) is 11.6 Å². The van der Waals surface area contributed by atoms with E-state index in [0.29, 0.717) is 5.75 Å². The SMILES string of the molecule is CN(C)NC(=O)CCOc1ccc(F)cc1Cl. The predicted octanol–water partition coefficient (Wildman–Crippen LogP) is 1.84. The van der Waals surface area contributed by atoms with Crippen LogP contribution in [0.4, 0.5) is 4.39 Å². The molecule has 1 amide bonds. The van der Waals surface area contributed by atoms with Crippen LogP contribution in [0.3, 0.4) is 0 Å². The van der Waals surface area contributed by atoms with Gasteiger partial charge in [-0.05, 0) is 18.2 Å². The Morgan fingerprint density at radius 1 is 1.53 bits per heavy atom. The highest BCUT2D eigenvalue weighted by atomic mass is 35.5. The van der Waals surface area contributed by atoms with Crippen molar-refractivity contribution in [1.82, 2.24) is 10.4 Å². The van der Waals surface area contributed by atoms with Crippen molar-refractivity contribution < 1.29 is 13.9 Å². The van der Waals surface area contributed by atoms with Gasteiger partial charge in [-0.2, -0.15) is 0 Å². The van der Waals surface area contributed by atoms with Gasteiger partial charge in [-0.25, -0.2) is 9.40 Å². The first-order valence-electron chi connectivity index (χ1n) is 5.03. The molecule has 17 heavy (non-hydrogen) atoms. The summed E-state index contributed by atoms with van der Waals surface area (Å²) < 4.78 is 18.0. The van der Waals surface area contributed by atoms with Gasteiger partial charge in [0.25, 0.3) is 0 Å². The average molecular weight is 261 g/mol. The van der Waals surface area contributed by atoms with Crippen LogP contribution in [-0.4, -0.2) is 31.6 Å². The zero-order chi connectivity index (χ0) is 12.8. The minimum Gasteiger partial charge on any atom is -0.491 e. The Labute approximate surface area is 104 Å². The number of ether oxygens (including phenoxy) is 1. The molecule has 0 aromatic heterocycles. The zero-order valence-corrected chi connectivity index (χ0v) is 10.4. The Balaban J connectivity index is 2.38. The molecule has 4 nitrogen and oxygen atoms in total. The van der Waals surface area contributed by atoms with E-state index in [9.17, 15) is 9.18 Å². The van der Waals surface area contributed by atoms with Gasteiger partial charge < -0.3 is 4.74 Å². The van der Waals surface area contributed by atoms with Crippen molar-refractivity contribution in [2.45, 2.75) is 6.42 Å². The number of hydrogen-bond acceptors (Lipinski definition) is 3. The highest BCUT2D eigenvalue weighted by molar-refractivity contribution is 6.32. The lowest BCUT2D eigenvalue weighted by atomic mass is 10.3. The first-order valence-corrected chi connectivity index (χ1v) is 5.41. The standard InChI is InChI=1S/C11H14ClFN2O2/c1-15(2)14-11(16)5-6-17-10-4-3-8(13)7-9(10)12/h3-4,7H,5-6H2,1-2H3,(H,14,16). The number of rotatable bonds is 5. The number of nitrogens with one attached hydrogen (secondary N) is 1. The van der Waals surface area contributed by atoms with Crippen LogP contribution in [0.1, 0.15) is 6.42 Å². The van der Waals surface area contributed by atoms with Crippen LogP contribution in [-0.2, 0) is 4.79 Å². The maximum atomic E-state index is 12.7. The summed E-state index contributed by atoms with van der Waals surface area (Å²) >= 11 is 5.76. The molecule has 0 spiro atoms. The van der Waals surface area contributed by atoms with Crippen molar-refractivity contribution in [2.24, 2.45) is 0 Å². The summed E-state index contributed by atoms with van der Waals surface area (Å²) in [7, 11) is 3.44. The Morgan fingerprint density at radius 2 is 2.24 bits per heavy atom. The molecule has 6 heteroatoms. The average Bonchev–Trinajstić information content (AvgIpc) is 2.20. The molecule has 0 unspecified atom stereocenters. The molecular weight excluding hydrogens is 247 g/mol. The maximum absolute atomic E-state index is 12.7. The Kier molecular flexibility index (Phi) is 5.18. The van der Waals surface area contributed by atoms with Gasteiger partial charge in [0.1, 0.15) is 11.6 Å². The summed E-state index contributed by atoms with van der Waals surface area (Å²) in [5.41, 5.74) is 2.57. The summed E-state index contributed by atoms with van der Waals surface area (Å²) in [6, 6.07) is 3.85. The fraction of sp³-hybridized carbons (Fsp3) is 0.364. The van der Waals surface area contributed by atoms with Crippen LogP contribution in [0.25, 0.3) is 0 Å². The molecule has 0 heterocycles. The molecule has 0 saturated heterocycles. The lowest BCUT2D eigenvalue weighted by molar-refractivity contribution is -0.125. The maximum Gasteiger partial charge on any atom is 0.237 e. The number of carbonyl (C=O) groups excluding carboxylic acids is 1. The monoisotopic (exact) mass is 260 g/mol. The minimum absolute atomic E-state index is 0.159. The second-order valence-electron chi connectivity index (χ2n) is 3.60. The summed E-state index contributed by atoms with van der Waals surface area (Å²) in [4.78, 5) is 11.3. The van der Waals surface area contributed by atoms with Gasteiger partial charge >= 0.3 is 0 Å². The van der Waals surface area contributed by atoms with Crippen LogP contribution < -0.4 is 10.2 Å². The highest BCUT2D eigenvalue weighted by Crippen LogP contribution is 2.24. The van der Waals surface area contributed by atoms with Crippen LogP contribution >= 0.6 is 11.6 Å². The first-order chi connectivity index (χ1) is 7.99. The molecule has 1 N–H and O–H groups in total. The van der Waals surface area contributed by atoms with Crippen molar-refractivity contribution in [3.05, 3.63) is 29.0 Å². The zero-order valence-electron chi connectivity index (χ0n) is 9.67. The Bertz CT molecular complexity index is 399. The lowest BCUT2D eigenvalue weighted by Crippen LogP contribution is -2.36. The second-order valence-corrected chi connectivity index (χ2v) is 4.01. The number of hydrazine groups is 1. The smallest absolute Gasteiger partial charge is 0.237 e. The number of nitrogens with zero attached hydrogens (tertiary/aromatic N) is 1. The van der Waals surface area contributed by atoms with Crippen LogP contribution in [0.2, 0.25) is 5.02 Å². The second kappa shape index (κ2) is 6.42.